The van der Waals surface area contributed by atoms with E-state index in [0.29, 0.717) is 6.54 Å². The van der Waals surface area contributed by atoms with Crippen molar-refractivity contribution in [2.24, 2.45) is 0 Å². The van der Waals surface area contributed by atoms with Crippen LogP contribution in [-0.2, 0) is 4.74 Å². The van der Waals surface area contributed by atoms with Gasteiger partial charge in [0.1, 0.15) is 17.2 Å². The van der Waals surface area contributed by atoms with Crippen LogP contribution in [0.15, 0.2) is 18.3 Å². The molecule has 0 saturated carbocycles. The molecule has 0 unspecified atom stereocenters. The first-order valence-electron chi connectivity index (χ1n) is 7.23. The molecule has 0 spiro atoms. The summed E-state index contributed by atoms with van der Waals surface area (Å²) >= 11 is 0. The minimum atomic E-state index is -0.489. The fourth-order valence-corrected chi connectivity index (χ4v) is 2.34. The Kier molecular flexibility index (Phi) is 4.55. The molecule has 2 heterocycles. The Hall–Kier alpha value is -1.98. The van der Waals surface area contributed by atoms with E-state index in [1.165, 1.54) is 6.20 Å². The topological polar surface area (TPSA) is 74.7 Å². The fourth-order valence-electron chi connectivity index (χ4n) is 2.34. The van der Waals surface area contributed by atoms with Crippen molar-refractivity contribution in [1.82, 2.24) is 10.3 Å². The molecule has 2 N–H and O–H groups in total. The van der Waals surface area contributed by atoms with Gasteiger partial charge in [0.05, 0.1) is 6.20 Å². The van der Waals surface area contributed by atoms with Crippen molar-refractivity contribution < 1.29 is 14.6 Å². The Balaban J connectivity index is 1.91. The van der Waals surface area contributed by atoms with Gasteiger partial charge in [-0.2, -0.15) is 0 Å². The summed E-state index contributed by atoms with van der Waals surface area (Å²) in [5, 5.41) is 12.2. The van der Waals surface area contributed by atoms with Crippen molar-refractivity contribution in [3.63, 3.8) is 0 Å². The molecule has 2 rings (SSSR count). The zero-order chi connectivity index (χ0) is 15.5. The maximum absolute atomic E-state index is 11.8. The number of aromatic nitrogens is 1. The van der Waals surface area contributed by atoms with E-state index < -0.39 is 5.60 Å². The molecule has 1 aliphatic rings. The number of pyridine rings is 1. The third kappa shape index (κ3) is 4.81. The highest BCUT2D eigenvalue weighted by atomic mass is 16.6. The van der Waals surface area contributed by atoms with E-state index in [1.54, 1.807) is 12.1 Å². The van der Waals surface area contributed by atoms with E-state index in [1.807, 2.05) is 20.8 Å². The Morgan fingerprint density at radius 3 is 2.86 bits per heavy atom. The highest BCUT2D eigenvalue weighted by Gasteiger charge is 2.24. The summed E-state index contributed by atoms with van der Waals surface area (Å²) in [6.45, 7) is 7.13. The van der Waals surface area contributed by atoms with E-state index in [2.05, 4.69) is 15.2 Å². The summed E-state index contributed by atoms with van der Waals surface area (Å²) in [6.07, 6.45) is 2.95. The highest BCUT2D eigenvalue weighted by molar-refractivity contribution is 5.68. The van der Waals surface area contributed by atoms with Gasteiger partial charge in [0.2, 0.25) is 0 Å². The molecule has 1 saturated heterocycles. The number of rotatable bonds is 2. The molecule has 0 aliphatic carbocycles. The lowest BCUT2D eigenvalue weighted by Gasteiger charge is -2.34. The largest absolute Gasteiger partial charge is 0.506 e. The molecular weight excluding hydrogens is 270 g/mol. The van der Waals surface area contributed by atoms with Gasteiger partial charge in [-0.25, -0.2) is 9.78 Å². The lowest BCUT2D eigenvalue weighted by molar-refractivity contribution is 0.0500. The van der Waals surface area contributed by atoms with Crippen molar-refractivity contribution in [2.75, 3.05) is 18.0 Å². The number of amides is 1. The minimum absolute atomic E-state index is 0.0456. The van der Waals surface area contributed by atoms with Gasteiger partial charge < -0.3 is 20.1 Å². The second kappa shape index (κ2) is 6.20. The molecule has 1 fully saturated rings. The quantitative estimate of drug-likeness (QED) is 0.875. The van der Waals surface area contributed by atoms with Crippen LogP contribution in [0.4, 0.5) is 10.6 Å². The number of hydrogen-bond donors (Lipinski definition) is 2. The standard InChI is InChI=1S/C15H23N3O3/c1-15(2,3)21-14(20)17-11-5-4-8-18(10-11)13-7-6-12(19)9-16-13/h6-7,9,11,19H,4-5,8,10H2,1-3H3,(H,17,20)/t11-/m0/s1. The van der Waals surface area contributed by atoms with E-state index in [-0.39, 0.29) is 17.9 Å². The first-order valence-corrected chi connectivity index (χ1v) is 7.23. The summed E-state index contributed by atoms with van der Waals surface area (Å²) in [7, 11) is 0. The van der Waals surface area contributed by atoms with Gasteiger partial charge in [0.15, 0.2) is 0 Å². The van der Waals surface area contributed by atoms with Gasteiger partial charge in [0, 0.05) is 19.1 Å². The third-order valence-corrected chi connectivity index (χ3v) is 3.20. The lowest BCUT2D eigenvalue weighted by atomic mass is 10.1. The Bertz CT molecular complexity index is 482. The van der Waals surface area contributed by atoms with Crippen LogP contribution >= 0.6 is 0 Å². The van der Waals surface area contributed by atoms with E-state index in [4.69, 9.17) is 4.74 Å². The van der Waals surface area contributed by atoms with Gasteiger partial charge in [-0.3, -0.25) is 0 Å². The number of piperidine rings is 1. The summed E-state index contributed by atoms with van der Waals surface area (Å²) in [5.74, 6) is 0.961. The molecule has 6 nitrogen and oxygen atoms in total. The number of carbonyl (C=O) groups excluding carboxylic acids is 1. The molecule has 0 aromatic carbocycles. The molecule has 1 atom stereocenters. The zero-order valence-electron chi connectivity index (χ0n) is 12.8. The van der Waals surface area contributed by atoms with Crippen LogP contribution in [0.25, 0.3) is 0 Å². The van der Waals surface area contributed by atoms with Crippen molar-refractivity contribution >= 4 is 11.9 Å². The number of anilines is 1. The van der Waals surface area contributed by atoms with E-state index >= 15 is 0 Å². The second-order valence-electron chi connectivity index (χ2n) is 6.31. The van der Waals surface area contributed by atoms with Crippen LogP contribution in [-0.4, -0.2) is 40.9 Å². The number of hydrogen-bond acceptors (Lipinski definition) is 5. The Labute approximate surface area is 125 Å². The smallest absolute Gasteiger partial charge is 0.407 e. The molecule has 0 bridgehead atoms. The SMILES string of the molecule is CC(C)(C)OC(=O)N[C@H]1CCCN(c2ccc(O)cn2)C1. The van der Waals surface area contributed by atoms with Crippen molar-refractivity contribution in [2.45, 2.75) is 45.3 Å². The molecule has 116 valence electrons. The average Bonchev–Trinajstić information content (AvgIpc) is 2.37. The van der Waals surface area contributed by atoms with Gasteiger partial charge in [-0.1, -0.05) is 0 Å². The summed E-state index contributed by atoms with van der Waals surface area (Å²) < 4.78 is 5.28. The normalized spacial score (nSPS) is 19.2. The van der Waals surface area contributed by atoms with Crippen LogP contribution in [0, 0.1) is 0 Å². The fraction of sp³-hybridized carbons (Fsp3) is 0.600. The van der Waals surface area contributed by atoms with Crippen LogP contribution < -0.4 is 10.2 Å². The summed E-state index contributed by atoms with van der Waals surface area (Å²) in [5.41, 5.74) is -0.489. The molecule has 0 radical (unpaired) electrons. The van der Waals surface area contributed by atoms with Crippen LogP contribution in [0.5, 0.6) is 5.75 Å². The molecule has 6 heteroatoms. The van der Waals surface area contributed by atoms with Crippen molar-refractivity contribution in [3.8, 4) is 5.75 Å². The first-order chi connectivity index (χ1) is 9.83. The number of alkyl carbamates (subject to hydrolysis) is 1. The average molecular weight is 293 g/mol. The Morgan fingerprint density at radius 2 is 2.24 bits per heavy atom. The van der Waals surface area contributed by atoms with Crippen molar-refractivity contribution in [1.29, 1.82) is 0 Å². The molecule has 1 aliphatic heterocycles. The molecule has 1 aromatic heterocycles. The van der Waals surface area contributed by atoms with Gasteiger partial charge in [-0.05, 0) is 45.7 Å². The van der Waals surface area contributed by atoms with Crippen molar-refractivity contribution in [3.05, 3.63) is 18.3 Å². The summed E-state index contributed by atoms with van der Waals surface area (Å²) in [4.78, 5) is 18.1. The zero-order valence-corrected chi connectivity index (χ0v) is 12.8. The maximum Gasteiger partial charge on any atom is 0.407 e. The summed E-state index contributed by atoms with van der Waals surface area (Å²) in [6, 6.07) is 3.45. The van der Waals surface area contributed by atoms with Crippen LogP contribution in [0.3, 0.4) is 0 Å². The molecule has 1 amide bonds. The lowest BCUT2D eigenvalue weighted by Crippen LogP contribution is -2.49. The predicted octanol–water partition coefficient (Wildman–Crippen LogP) is 2.28. The van der Waals surface area contributed by atoms with Gasteiger partial charge in [-0.15, -0.1) is 0 Å². The predicted molar refractivity (Wildman–Crippen MR) is 80.5 cm³/mol. The van der Waals surface area contributed by atoms with Crippen LogP contribution in [0.2, 0.25) is 0 Å². The minimum Gasteiger partial charge on any atom is -0.506 e. The maximum atomic E-state index is 11.8. The number of ether oxygens (including phenoxy) is 1. The third-order valence-electron chi connectivity index (χ3n) is 3.20. The second-order valence-corrected chi connectivity index (χ2v) is 6.31. The van der Waals surface area contributed by atoms with E-state index in [9.17, 15) is 9.90 Å². The number of aromatic hydroxyl groups is 1. The number of nitrogens with zero attached hydrogens (tertiary/aromatic N) is 2. The molecular formula is C15H23N3O3. The van der Waals surface area contributed by atoms with Gasteiger partial charge >= 0.3 is 6.09 Å². The molecule has 1 aromatic rings. The number of carbonyl (C=O) groups is 1. The molecule has 21 heavy (non-hydrogen) atoms. The van der Waals surface area contributed by atoms with Crippen LogP contribution in [0.1, 0.15) is 33.6 Å². The first kappa shape index (κ1) is 15.4. The number of nitrogens with one attached hydrogen (secondary N) is 1. The highest BCUT2D eigenvalue weighted by Crippen LogP contribution is 2.20. The Morgan fingerprint density at radius 1 is 1.48 bits per heavy atom. The van der Waals surface area contributed by atoms with E-state index in [0.717, 1.165) is 25.2 Å². The monoisotopic (exact) mass is 293 g/mol. The van der Waals surface area contributed by atoms with Gasteiger partial charge in [0.25, 0.3) is 0 Å².